The Hall–Kier alpha value is -1.36. The van der Waals surface area contributed by atoms with Gasteiger partial charge in [-0.1, -0.05) is 42.8 Å². The number of carbonyl (C=O) groups excluding carboxylic acids is 1. The lowest BCUT2D eigenvalue weighted by Crippen LogP contribution is -2.56. The highest BCUT2D eigenvalue weighted by Gasteiger charge is 2.52. The van der Waals surface area contributed by atoms with E-state index in [1.165, 1.54) is 4.90 Å². The zero-order valence-electron chi connectivity index (χ0n) is 13.7. The van der Waals surface area contributed by atoms with Gasteiger partial charge in [-0.15, -0.1) is 0 Å². The molecule has 1 aromatic rings. The summed E-state index contributed by atoms with van der Waals surface area (Å²) in [4.78, 5) is 26.2. The number of piperidine rings is 1. The molecule has 3 rings (SSSR count). The lowest BCUT2D eigenvalue weighted by atomic mass is 9.67. The molecule has 2 unspecified atom stereocenters. The maximum atomic E-state index is 13.1. The third-order valence-corrected chi connectivity index (χ3v) is 5.86. The van der Waals surface area contributed by atoms with E-state index in [4.69, 9.17) is 0 Å². The average molecular weight is 380 g/mol. The van der Waals surface area contributed by atoms with Gasteiger partial charge in [-0.05, 0) is 42.4 Å². The normalized spacial score (nSPS) is 27.4. The predicted molar refractivity (Wildman–Crippen MR) is 91.8 cm³/mol. The van der Waals surface area contributed by atoms with E-state index in [0.717, 1.165) is 22.0 Å². The maximum absolute atomic E-state index is 13.1. The molecule has 0 radical (unpaired) electrons. The molecule has 1 saturated heterocycles. The van der Waals surface area contributed by atoms with Gasteiger partial charge in [0.05, 0.1) is 0 Å². The third kappa shape index (κ3) is 2.69. The van der Waals surface area contributed by atoms with Gasteiger partial charge in [0.2, 0.25) is 0 Å². The largest absolute Gasteiger partial charge is 0.465 e. The van der Waals surface area contributed by atoms with Crippen molar-refractivity contribution in [2.24, 2.45) is 10.8 Å². The molecule has 1 heterocycles. The second kappa shape index (κ2) is 5.33. The number of likely N-dealkylation sites (tertiary alicyclic amines) is 1. The fourth-order valence-corrected chi connectivity index (χ4v) is 4.45. The third-order valence-electron chi connectivity index (χ3n) is 5.36. The van der Waals surface area contributed by atoms with E-state index in [1.54, 1.807) is 0 Å². The minimum atomic E-state index is -0.884. The molecule has 1 spiro atoms. The fraction of sp³-hybridized carbons (Fsp3) is 0.556. The Bertz CT molecular complexity index is 679. The van der Waals surface area contributed by atoms with Gasteiger partial charge in [-0.25, -0.2) is 4.79 Å². The van der Waals surface area contributed by atoms with Crippen molar-refractivity contribution in [3.63, 3.8) is 0 Å². The molecule has 1 amide bonds. The van der Waals surface area contributed by atoms with E-state index in [-0.39, 0.29) is 17.2 Å². The molecular formula is C18H22BrNO3. The predicted octanol–water partition coefficient (Wildman–Crippen LogP) is 4.36. The summed E-state index contributed by atoms with van der Waals surface area (Å²) in [6.07, 6.45) is 1.06. The van der Waals surface area contributed by atoms with Crippen molar-refractivity contribution in [3.05, 3.63) is 33.8 Å². The quantitative estimate of drug-likeness (QED) is 0.728. The Morgan fingerprint density at radius 2 is 2.09 bits per heavy atom. The number of Topliss-reactive ketones (excluding diaryl/α,β-unsaturated/α-hetero) is 1. The minimum Gasteiger partial charge on any atom is -0.465 e. The number of rotatable bonds is 0. The first kappa shape index (κ1) is 16.5. The second-order valence-electron chi connectivity index (χ2n) is 7.90. The van der Waals surface area contributed by atoms with Crippen LogP contribution in [-0.2, 0) is 6.42 Å². The smallest absolute Gasteiger partial charge is 0.407 e. The van der Waals surface area contributed by atoms with Gasteiger partial charge in [0.1, 0.15) is 0 Å². The number of hydrogen-bond donors (Lipinski definition) is 1. The molecule has 23 heavy (non-hydrogen) atoms. The number of nitrogens with zero attached hydrogens (tertiary/aromatic N) is 1. The Morgan fingerprint density at radius 3 is 2.70 bits per heavy atom. The molecule has 2 atom stereocenters. The van der Waals surface area contributed by atoms with E-state index < -0.39 is 11.5 Å². The van der Waals surface area contributed by atoms with E-state index in [1.807, 2.05) is 18.2 Å². The number of halogens is 1. The summed E-state index contributed by atoms with van der Waals surface area (Å²) in [6, 6.07) is 5.75. The minimum absolute atomic E-state index is 0.143. The molecule has 2 aliphatic rings. The first-order chi connectivity index (χ1) is 10.6. The van der Waals surface area contributed by atoms with Crippen LogP contribution in [0.5, 0.6) is 0 Å². The number of carboxylic acid groups (broad SMARTS) is 1. The zero-order chi connectivity index (χ0) is 17.0. The number of carbonyl (C=O) groups is 2. The highest BCUT2D eigenvalue weighted by atomic mass is 79.9. The van der Waals surface area contributed by atoms with Crippen molar-refractivity contribution in [1.29, 1.82) is 0 Å². The molecule has 1 aromatic carbocycles. The number of hydrogen-bond acceptors (Lipinski definition) is 2. The SMILES string of the molecule is CC(C)(C)C1CC2(CCN1C(=O)O)Cc1ccc(Br)cc1C2=O. The first-order valence-electron chi connectivity index (χ1n) is 7.97. The van der Waals surface area contributed by atoms with Crippen LogP contribution in [0.3, 0.4) is 0 Å². The maximum Gasteiger partial charge on any atom is 0.407 e. The molecule has 4 nitrogen and oxygen atoms in total. The van der Waals surface area contributed by atoms with Gasteiger partial charge >= 0.3 is 6.09 Å². The van der Waals surface area contributed by atoms with Crippen LogP contribution in [-0.4, -0.2) is 34.5 Å². The number of fused-ring (bicyclic) bond motifs is 1. The van der Waals surface area contributed by atoms with Gasteiger partial charge < -0.3 is 10.0 Å². The van der Waals surface area contributed by atoms with Crippen LogP contribution < -0.4 is 0 Å². The van der Waals surface area contributed by atoms with E-state index in [2.05, 4.69) is 36.7 Å². The Kier molecular flexibility index (Phi) is 3.82. The number of amides is 1. The van der Waals surface area contributed by atoms with E-state index in [9.17, 15) is 14.7 Å². The molecule has 1 N–H and O–H groups in total. The molecule has 124 valence electrons. The highest BCUT2D eigenvalue weighted by molar-refractivity contribution is 9.10. The summed E-state index contributed by atoms with van der Waals surface area (Å²) in [5.41, 5.74) is 1.26. The Morgan fingerprint density at radius 1 is 1.39 bits per heavy atom. The van der Waals surface area contributed by atoms with Gasteiger partial charge in [0, 0.05) is 28.0 Å². The lowest BCUT2D eigenvalue weighted by Gasteiger charge is -2.48. The molecule has 1 aliphatic carbocycles. The average Bonchev–Trinajstić information content (AvgIpc) is 2.71. The molecule has 0 bridgehead atoms. The Balaban J connectivity index is 1.96. The van der Waals surface area contributed by atoms with Crippen molar-refractivity contribution in [2.45, 2.75) is 46.1 Å². The van der Waals surface area contributed by atoms with Gasteiger partial charge in [0.15, 0.2) is 5.78 Å². The molecule has 0 aromatic heterocycles. The van der Waals surface area contributed by atoms with Crippen LogP contribution in [0.1, 0.15) is 49.5 Å². The molecule has 0 saturated carbocycles. The molecule has 1 fully saturated rings. The highest BCUT2D eigenvalue weighted by Crippen LogP contribution is 2.49. The van der Waals surface area contributed by atoms with Crippen molar-refractivity contribution in [1.82, 2.24) is 4.90 Å². The lowest BCUT2D eigenvalue weighted by molar-refractivity contribution is 0.0101. The van der Waals surface area contributed by atoms with Crippen LogP contribution in [0.15, 0.2) is 22.7 Å². The van der Waals surface area contributed by atoms with E-state index >= 15 is 0 Å². The van der Waals surface area contributed by atoms with Crippen LogP contribution in [0.2, 0.25) is 0 Å². The van der Waals surface area contributed by atoms with Gasteiger partial charge in [-0.2, -0.15) is 0 Å². The summed E-state index contributed by atoms with van der Waals surface area (Å²) < 4.78 is 0.914. The first-order valence-corrected chi connectivity index (χ1v) is 8.76. The summed E-state index contributed by atoms with van der Waals surface area (Å²) in [5, 5.41) is 9.51. The zero-order valence-corrected chi connectivity index (χ0v) is 15.3. The van der Waals surface area contributed by atoms with E-state index in [0.29, 0.717) is 19.4 Å². The van der Waals surface area contributed by atoms with Crippen LogP contribution in [0.4, 0.5) is 4.79 Å². The van der Waals surface area contributed by atoms with Crippen LogP contribution in [0, 0.1) is 10.8 Å². The van der Waals surface area contributed by atoms with Crippen molar-refractivity contribution in [2.75, 3.05) is 6.54 Å². The standard InChI is InChI=1S/C18H22BrNO3/c1-17(2,3)14-10-18(6-7-20(14)16(22)23)9-11-4-5-12(19)8-13(11)15(18)21/h4-5,8,14H,6-7,9-10H2,1-3H3,(H,22,23). The second-order valence-corrected chi connectivity index (χ2v) is 8.82. The summed E-state index contributed by atoms with van der Waals surface area (Å²) in [5.74, 6) is 0.188. The van der Waals surface area contributed by atoms with Crippen molar-refractivity contribution in [3.8, 4) is 0 Å². The van der Waals surface area contributed by atoms with Crippen molar-refractivity contribution >= 4 is 27.8 Å². The van der Waals surface area contributed by atoms with Crippen LogP contribution >= 0.6 is 15.9 Å². The van der Waals surface area contributed by atoms with Crippen molar-refractivity contribution < 1.29 is 14.7 Å². The van der Waals surface area contributed by atoms with Gasteiger partial charge in [-0.3, -0.25) is 4.79 Å². The summed E-state index contributed by atoms with van der Waals surface area (Å²) >= 11 is 3.44. The topological polar surface area (TPSA) is 57.6 Å². The fourth-order valence-electron chi connectivity index (χ4n) is 4.09. The molecule has 1 aliphatic heterocycles. The summed E-state index contributed by atoms with van der Waals surface area (Å²) in [7, 11) is 0. The monoisotopic (exact) mass is 379 g/mol. The molecule has 5 heteroatoms. The van der Waals surface area contributed by atoms with Gasteiger partial charge in [0.25, 0.3) is 0 Å². The summed E-state index contributed by atoms with van der Waals surface area (Å²) in [6.45, 7) is 6.58. The number of benzene rings is 1. The van der Waals surface area contributed by atoms with Crippen LogP contribution in [0.25, 0.3) is 0 Å². The number of ketones is 1. The molecular weight excluding hydrogens is 358 g/mol. The Labute approximate surface area is 145 Å².